The van der Waals surface area contributed by atoms with E-state index in [9.17, 15) is 4.79 Å². The first kappa shape index (κ1) is 14.8. The zero-order chi connectivity index (χ0) is 15.4. The summed E-state index contributed by atoms with van der Waals surface area (Å²) in [6.45, 7) is 7.57. The van der Waals surface area contributed by atoms with Crippen molar-refractivity contribution >= 4 is 12.0 Å². The van der Waals surface area contributed by atoms with Crippen molar-refractivity contribution in [3.8, 4) is 0 Å². The quantitative estimate of drug-likeness (QED) is 0.869. The molecule has 1 aliphatic rings. The Morgan fingerprint density at radius 2 is 1.82 bits per heavy atom. The van der Waals surface area contributed by atoms with E-state index in [-0.39, 0.29) is 0 Å². The van der Waals surface area contributed by atoms with E-state index in [1.165, 1.54) is 11.3 Å². The molecule has 1 fully saturated rings. The maximum atomic E-state index is 10.9. The first-order valence-electron chi connectivity index (χ1n) is 7.94. The van der Waals surface area contributed by atoms with Gasteiger partial charge in [0.25, 0.3) is 0 Å². The van der Waals surface area contributed by atoms with Gasteiger partial charge in [-0.25, -0.2) is 0 Å². The Morgan fingerprint density at radius 1 is 1.09 bits per heavy atom. The van der Waals surface area contributed by atoms with Crippen LogP contribution < -0.4 is 9.80 Å². The Balaban J connectivity index is 1.59. The molecule has 0 aromatic heterocycles. The average molecular weight is 295 g/mol. The summed E-state index contributed by atoms with van der Waals surface area (Å²) in [6, 6.07) is 16.8. The lowest BCUT2D eigenvalue weighted by Crippen LogP contribution is -3.13. The van der Waals surface area contributed by atoms with Crippen LogP contribution in [0.4, 0.5) is 5.69 Å². The van der Waals surface area contributed by atoms with Crippen molar-refractivity contribution in [2.75, 3.05) is 31.1 Å². The molecule has 2 aromatic carbocycles. The second-order valence-corrected chi connectivity index (χ2v) is 6.06. The van der Waals surface area contributed by atoms with Crippen molar-refractivity contribution in [2.24, 2.45) is 0 Å². The maximum absolute atomic E-state index is 10.9. The van der Waals surface area contributed by atoms with Gasteiger partial charge in [-0.3, -0.25) is 4.79 Å². The third kappa shape index (κ3) is 3.37. The minimum atomic E-state index is 0.789. The monoisotopic (exact) mass is 295 g/mol. The van der Waals surface area contributed by atoms with Crippen molar-refractivity contribution in [1.82, 2.24) is 0 Å². The summed E-state index contributed by atoms with van der Waals surface area (Å²) in [7, 11) is 0. The third-order valence-electron chi connectivity index (χ3n) is 4.51. The summed E-state index contributed by atoms with van der Waals surface area (Å²) in [5.41, 5.74) is 4.50. The Morgan fingerprint density at radius 3 is 2.45 bits per heavy atom. The van der Waals surface area contributed by atoms with Crippen LogP contribution in [0.3, 0.4) is 0 Å². The van der Waals surface area contributed by atoms with Gasteiger partial charge in [-0.15, -0.1) is 0 Å². The van der Waals surface area contributed by atoms with Crippen LogP contribution in [-0.4, -0.2) is 32.5 Å². The van der Waals surface area contributed by atoms with E-state index >= 15 is 0 Å². The molecule has 0 radical (unpaired) electrons. The standard InChI is InChI=1S/C19H22N2O/c1-16-13-19(8-7-18(16)15-22)21-11-9-20(10-12-21)14-17-5-3-2-4-6-17/h2-8,13,15H,9-12,14H2,1H3/p+1. The first-order valence-corrected chi connectivity index (χ1v) is 7.94. The summed E-state index contributed by atoms with van der Waals surface area (Å²) in [5, 5.41) is 0. The lowest BCUT2D eigenvalue weighted by Gasteiger charge is -2.34. The Bertz CT molecular complexity index is 631. The number of carbonyl (C=O) groups excluding carboxylic acids is 1. The molecule has 1 saturated heterocycles. The SMILES string of the molecule is Cc1cc(N2CC[NH+](Cc3ccccc3)CC2)ccc1C=O. The Hall–Kier alpha value is -2.13. The van der Waals surface area contributed by atoms with Gasteiger partial charge in [0.2, 0.25) is 0 Å². The molecule has 114 valence electrons. The van der Waals surface area contributed by atoms with Crippen LogP contribution in [0.5, 0.6) is 0 Å². The number of hydrogen-bond acceptors (Lipinski definition) is 2. The number of aryl methyl sites for hydroxylation is 1. The molecule has 0 atom stereocenters. The van der Waals surface area contributed by atoms with E-state index in [4.69, 9.17) is 0 Å². The number of carbonyl (C=O) groups is 1. The highest BCUT2D eigenvalue weighted by Gasteiger charge is 2.20. The zero-order valence-electron chi connectivity index (χ0n) is 13.1. The number of quaternary nitrogens is 1. The molecule has 0 spiro atoms. The van der Waals surface area contributed by atoms with Crippen molar-refractivity contribution in [3.05, 3.63) is 65.2 Å². The molecule has 2 aromatic rings. The van der Waals surface area contributed by atoms with Crippen LogP contribution >= 0.6 is 0 Å². The summed E-state index contributed by atoms with van der Waals surface area (Å²) in [6.07, 6.45) is 0.932. The van der Waals surface area contributed by atoms with Gasteiger partial charge >= 0.3 is 0 Å². The number of benzene rings is 2. The van der Waals surface area contributed by atoms with Gasteiger partial charge in [0.15, 0.2) is 0 Å². The van der Waals surface area contributed by atoms with Gasteiger partial charge in [0.05, 0.1) is 26.2 Å². The van der Waals surface area contributed by atoms with Crippen LogP contribution in [-0.2, 0) is 6.54 Å². The van der Waals surface area contributed by atoms with Gasteiger partial charge in [0, 0.05) is 16.8 Å². The van der Waals surface area contributed by atoms with Gasteiger partial charge < -0.3 is 9.80 Å². The van der Waals surface area contributed by atoms with E-state index in [1.54, 1.807) is 4.90 Å². The number of hydrogen-bond donors (Lipinski definition) is 1. The lowest BCUT2D eigenvalue weighted by atomic mass is 10.1. The van der Waals surface area contributed by atoms with Crippen LogP contribution in [0.15, 0.2) is 48.5 Å². The molecule has 1 N–H and O–H groups in total. The topological polar surface area (TPSA) is 24.8 Å². The van der Waals surface area contributed by atoms with Gasteiger partial charge in [-0.2, -0.15) is 0 Å². The lowest BCUT2D eigenvalue weighted by molar-refractivity contribution is -0.914. The predicted molar refractivity (Wildman–Crippen MR) is 89.6 cm³/mol. The molecule has 0 amide bonds. The van der Waals surface area contributed by atoms with E-state index < -0.39 is 0 Å². The van der Waals surface area contributed by atoms with E-state index in [2.05, 4.69) is 47.4 Å². The fourth-order valence-electron chi connectivity index (χ4n) is 3.13. The van der Waals surface area contributed by atoms with Crippen molar-refractivity contribution < 1.29 is 9.69 Å². The number of rotatable bonds is 4. The van der Waals surface area contributed by atoms with E-state index in [1.807, 2.05) is 13.0 Å². The zero-order valence-corrected chi connectivity index (χ0v) is 13.1. The molecule has 0 unspecified atom stereocenters. The van der Waals surface area contributed by atoms with E-state index in [0.717, 1.165) is 50.1 Å². The number of aldehydes is 1. The minimum absolute atomic E-state index is 0.789. The predicted octanol–water partition coefficient (Wildman–Crippen LogP) is 1.71. The molecule has 3 heteroatoms. The Labute approximate surface area is 132 Å². The summed E-state index contributed by atoms with van der Waals surface area (Å²) in [4.78, 5) is 15.0. The van der Waals surface area contributed by atoms with Gasteiger partial charge in [-0.05, 0) is 30.7 Å². The van der Waals surface area contributed by atoms with Crippen LogP contribution in [0, 0.1) is 6.92 Å². The van der Waals surface area contributed by atoms with Crippen molar-refractivity contribution in [3.63, 3.8) is 0 Å². The molecular formula is C19H23N2O+. The van der Waals surface area contributed by atoms with Gasteiger partial charge in [-0.1, -0.05) is 30.3 Å². The van der Waals surface area contributed by atoms with Crippen LogP contribution in [0.25, 0.3) is 0 Å². The highest BCUT2D eigenvalue weighted by atomic mass is 16.1. The highest BCUT2D eigenvalue weighted by Crippen LogP contribution is 2.18. The van der Waals surface area contributed by atoms with E-state index in [0.29, 0.717) is 0 Å². The average Bonchev–Trinajstić information content (AvgIpc) is 2.56. The first-order chi connectivity index (χ1) is 10.8. The third-order valence-corrected chi connectivity index (χ3v) is 4.51. The molecule has 0 bridgehead atoms. The van der Waals surface area contributed by atoms with Crippen LogP contribution in [0.1, 0.15) is 21.5 Å². The second kappa shape index (κ2) is 6.75. The molecular weight excluding hydrogens is 272 g/mol. The summed E-state index contributed by atoms with van der Waals surface area (Å²) in [5.74, 6) is 0. The smallest absolute Gasteiger partial charge is 0.150 e. The molecule has 0 saturated carbocycles. The molecule has 3 rings (SSSR count). The second-order valence-electron chi connectivity index (χ2n) is 6.06. The number of anilines is 1. The summed E-state index contributed by atoms with van der Waals surface area (Å²) >= 11 is 0. The molecule has 1 heterocycles. The normalized spacial score (nSPS) is 15.8. The number of nitrogens with zero attached hydrogens (tertiary/aromatic N) is 1. The number of nitrogens with one attached hydrogen (secondary N) is 1. The molecule has 22 heavy (non-hydrogen) atoms. The van der Waals surface area contributed by atoms with Crippen molar-refractivity contribution in [2.45, 2.75) is 13.5 Å². The van der Waals surface area contributed by atoms with Crippen LogP contribution in [0.2, 0.25) is 0 Å². The fraction of sp³-hybridized carbons (Fsp3) is 0.316. The van der Waals surface area contributed by atoms with Crippen molar-refractivity contribution in [1.29, 1.82) is 0 Å². The largest absolute Gasteiger partial charge is 0.360 e. The minimum Gasteiger partial charge on any atom is -0.360 e. The molecule has 1 aliphatic heterocycles. The molecule has 0 aliphatic carbocycles. The van der Waals surface area contributed by atoms with Gasteiger partial charge in [0.1, 0.15) is 12.8 Å². The summed E-state index contributed by atoms with van der Waals surface area (Å²) < 4.78 is 0. The fourth-order valence-corrected chi connectivity index (χ4v) is 3.13. The molecule has 3 nitrogen and oxygen atoms in total. The maximum Gasteiger partial charge on any atom is 0.150 e. The number of piperazine rings is 1. The Kier molecular flexibility index (Phi) is 4.54. The highest BCUT2D eigenvalue weighted by molar-refractivity contribution is 5.78.